The van der Waals surface area contributed by atoms with Crippen molar-refractivity contribution in [2.45, 2.75) is 46.0 Å². The number of carbonyl (C=O) groups excluding carboxylic acids is 2. The van der Waals surface area contributed by atoms with Crippen molar-refractivity contribution >= 4 is 17.5 Å². The van der Waals surface area contributed by atoms with Gasteiger partial charge in [0.15, 0.2) is 11.5 Å². The maximum Gasteiger partial charge on any atom is 0.243 e. The molecule has 2 aliphatic rings. The maximum atomic E-state index is 12.5. The molecular weight excluding hydrogens is 356 g/mol. The number of amides is 2. The molecule has 0 radical (unpaired) electrons. The standard InChI is InChI=1S/C22H32N2O4/c1-4-27-19-9-8-18(13-20(19)28-5-2)23-21(25)14-24(3)22(26)12-17-11-15-6-7-16(17)10-15/h8-9,13,15-17H,4-7,10-12,14H2,1-3H3,(H,23,25)/t15-,16-,17+/m0/s1. The van der Waals surface area contributed by atoms with Crippen LogP contribution in [0.3, 0.4) is 0 Å². The molecule has 1 N–H and O–H groups in total. The predicted molar refractivity (Wildman–Crippen MR) is 109 cm³/mol. The second kappa shape index (κ2) is 9.30. The number of benzene rings is 1. The average molecular weight is 389 g/mol. The molecule has 6 heteroatoms. The average Bonchev–Trinajstić information content (AvgIpc) is 3.27. The second-order valence-corrected chi connectivity index (χ2v) is 7.96. The van der Waals surface area contributed by atoms with Crippen molar-refractivity contribution in [3.05, 3.63) is 18.2 Å². The predicted octanol–water partition coefficient (Wildman–Crippen LogP) is 3.71. The van der Waals surface area contributed by atoms with Crippen LogP contribution in [-0.2, 0) is 9.59 Å². The minimum absolute atomic E-state index is 0.0524. The first-order chi connectivity index (χ1) is 13.5. The summed E-state index contributed by atoms with van der Waals surface area (Å²) >= 11 is 0. The summed E-state index contributed by atoms with van der Waals surface area (Å²) in [5.41, 5.74) is 0.630. The molecule has 154 valence electrons. The minimum Gasteiger partial charge on any atom is -0.490 e. The van der Waals surface area contributed by atoms with Crippen molar-refractivity contribution in [3.63, 3.8) is 0 Å². The van der Waals surface area contributed by atoms with Crippen LogP contribution in [0.5, 0.6) is 11.5 Å². The molecule has 28 heavy (non-hydrogen) atoms. The SMILES string of the molecule is CCOc1ccc(NC(=O)CN(C)C(=O)C[C@H]2C[C@H]3CC[C@H]2C3)cc1OCC. The summed E-state index contributed by atoms with van der Waals surface area (Å²) in [6, 6.07) is 5.32. The van der Waals surface area contributed by atoms with Crippen molar-refractivity contribution in [3.8, 4) is 11.5 Å². The summed E-state index contributed by atoms with van der Waals surface area (Å²) in [4.78, 5) is 26.5. The largest absolute Gasteiger partial charge is 0.490 e. The molecule has 0 spiro atoms. The molecule has 3 rings (SSSR count). The van der Waals surface area contributed by atoms with Gasteiger partial charge in [-0.05, 0) is 63.0 Å². The van der Waals surface area contributed by atoms with Gasteiger partial charge in [-0.25, -0.2) is 0 Å². The van der Waals surface area contributed by atoms with Crippen LogP contribution in [-0.4, -0.2) is 43.5 Å². The lowest BCUT2D eigenvalue weighted by Crippen LogP contribution is -2.36. The van der Waals surface area contributed by atoms with E-state index in [1.54, 1.807) is 30.1 Å². The van der Waals surface area contributed by atoms with Gasteiger partial charge in [0.1, 0.15) is 0 Å². The lowest BCUT2D eigenvalue weighted by molar-refractivity contribution is -0.134. The highest BCUT2D eigenvalue weighted by molar-refractivity contribution is 5.94. The van der Waals surface area contributed by atoms with E-state index in [2.05, 4.69) is 5.32 Å². The van der Waals surface area contributed by atoms with E-state index in [0.29, 0.717) is 42.7 Å². The molecule has 1 aromatic carbocycles. The molecule has 2 saturated carbocycles. The molecule has 0 aromatic heterocycles. The molecule has 0 saturated heterocycles. The summed E-state index contributed by atoms with van der Waals surface area (Å²) in [6.07, 6.45) is 5.65. The summed E-state index contributed by atoms with van der Waals surface area (Å²) in [7, 11) is 1.71. The Kier molecular flexibility index (Phi) is 6.81. The van der Waals surface area contributed by atoms with Crippen LogP contribution in [0.25, 0.3) is 0 Å². The Labute approximate surface area is 167 Å². The number of hydrogen-bond donors (Lipinski definition) is 1. The number of fused-ring (bicyclic) bond motifs is 2. The van der Waals surface area contributed by atoms with E-state index in [-0.39, 0.29) is 18.4 Å². The number of likely N-dealkylation sites (N-methyl/N-ethyl adjacent to an activating group) is 1. The van der Waals surface area contributed by atoms with E-state index in [0.717, 1.165) is 11.8 Å². The first kappa shape index (κ1) is 20.5. The fourth-order valence-corrected chi connectivity index (χ4v) is 4.64. The molecule has 0 heterocycles. The van der Waals surface area contributed by atoms with Crippen LogP contribution in [0.15, 0.2) is 18.2 Å². The van der Waals surface area contributed by atoms with Gasteiger partial charge < -0.3 is 19.7 Å². The monoisotopic (exact) mass is 388 g/mol. The number of hydrogen-bond acceptors (Lipinski definition) is 4. The molecule has 2 fully saturated rings. The van der Waals surface area contributed by atoms with E-state index < -0.39 is 0 Å². The summed E-state index contributed by atoms with van der Waals surface area (Å²) in [6.45, 7) is 4.92. The first-order valence-electron chi connectivity index (χ1n) is 10.4. The first-order valence-corrected chi connectivity index (χ1v) is 10.4. The number of nitrogens with one attached hydrogen (secondary N) is 1. The maximum absolute atomic E-state index is 12.5. The van der Waals surface area contributed by atoms with Crippen LogP contribution in [0.4, 0.5) is 5.69 Å². The molecule has 2 aliphatic carbocycles. The smallest absolute Gasteiger partial charge is 0.243 e. The zero-order valence-electron chi connectivity index (χ0n) is 17.2. The highest BCUT2D eigenvalue weighted by Crippen LogP contribution is 2.49. The number of ether oxygens (including phenoxy) is 2. The van der Waals surface area contributed by atoms with Gasteiger partial charge in [0, 0.05) is 25.2 Å². The van der Waals surface area contributed by atoms with Gasteiger partial charge in [0.2, 0.25) is 11.8 Å². The van der Waals surface area contributed by atoms with Crippen molar-refractivity contribution in [2.24, 2.45) is 17.8 Å². The summed E-state index contributed by atoms with van der Waals surface area (Å²) in [5.74, 6) is 3.16. The number of anilines is 1. The van der Waals surface area contributed by atoms with E-state index >= 15 is 0 Å². The van der Waals surface area contributed by atoms with Gasteiger partial charge >= 0.3 is 0 Å². The van der Waals surface area contributed by atoms with Crippen LogP contribution < -0.4 is 14.8 Å². The second-order valence-electron chi connectivity index (χ2n) is 7.96. The van der Waals surface area contributed by atoms with E-state index in [1.165, 1.54) is 25.7 Å². The minimum atomic E-state index is -0.213. The molecular formula is C22H32N2O4. The molecule has 0 aliphatic heterocycles. The molecule has 0 unspecified atom stereocenters. The van der Waals surface area contributed by atoms with Gasteiger partial charge in [-0.1, -0.05) is 6.42 Å². The lowest BCUT2D eigenvalue weighted by atomic mass is 9.86. The Balaban J connectivity index is 1.51. The molecule has 2 bridgehead atoms. The van der Waals surface area contributed by atoms with Crippen LogP contribution >= 0.6 is 0 Å². The Morgan fingerprint density at radius 3 is 2.50 bits per heavy atom. The Morgan fingerprint density at radius 2 is 1.86 bits per heavy atom. The Hall–Kier alpha value is -2.24. The molecule has 6 nitrogen and oxygen atoms in total. The summed E-state index contributed by atoms with van der Waals surface area (Å²) < 4.78 is 11.1. The third-order valence-electron chi connectivity index (χ3n) is 5.96. The Morgan fingerprint density at radius 1 is 1.11 bits per heavy atom. The zero-order chi connectivity index (χ0) is 20.1. The molecule has 1 aromatic rings. The zero-order valence-corrected chi connectivity index (χ0v) is 17.2. The highest BCUT2D eigenvalue weighted by Gasteiger charge is 2.40. The third kappa shape index (κ3) is 4.97. The summed E-state index contributed by atoms with van der Waals surface area (Å²) in [5, 5.41) is 2.85. The Bertz CT molecular complexity index is 706. The molecule has 2 amide bonds. The van der Waals surface area contributed by atoms with E-state index in [1.807, 2.05) is 13.8 Å². The van der Waals surface area contributed by atoms with Crippen molar-refractivity contribution in [2.75, 3.05) is 32.1 Å². The topological polar surface area (TPSA) is 67.9 Å². The van der Waals surface area contributed by atoms with Gasteiger partial charge in [0.05, 0.1) is 19.8 Å². The van der Waals surface area contributed by atoms with Gasteiger partial charge in [-0.3, -0.25) is 9.59 Å². The van der Waals surface area contributed by atoms with Crippen LogP contribution in [0, 0.1) is 17.8 Å². The van der Waals surface area contributed by atoms with Crippen molar-refractivity contribution in [1.29, 1.82) is 0 Å². The van der Waals surface area contributed by atoms with Crippen LogP contribution in [0.1, 0.15) is 46.0 Å². The lowest BCUT2D eigenvalue weighted by Gasteiger charge is -2.24. The van der Waals surface area contributed by atoms with Gasteiger partial charge in [-0.2, -0.15) is 0 Å². The quantitative estimate of drug-likeness (QED) is 0.700. The van der Waals surface area contributed by atoms with E-state index in [9.17, 15) is 9.59 Å². The fourth-order valence-electron chi connectivity index (χ4n) is 4.64. The third-order valence-corrected chi connectivity index (χ3v) is 5.96. The molecule has 3 atom stereocenters. The van der Waals surface area contributed by atoms with Crippen molar-refractivity contribution < 1.29 is 19.1 Å². The highest BCUT2D eigenvalue weighted by atomic mass is 16.5. The number of carbonyl (C=O) groups is 2. The van der Waals surface area contributed by atoms with Crippen LogP contribution in [0.2, 0.25) is 0 Å². The fraction of sp³-hybridized carbons (Fsp3) is 0.636. The normalized spacial score (nSPS) is 22.8. The van der Waals surface area contributed by atoms with Gasteiger partial charge in [-0.15, -0.1) is 0 Å². The van der Waals surface area contributed by atoms with Gasteiger partial charge in [0.25, 0.3) is 0 Å². The van der Waals surface area contributed by atoms with E-state index in [4.69, 9.17) is 9.47 Å². The number of nitrogens with zero attached hydrogens (tertiary/aromatic N) is 1. The number of rotatable bonds is 9. The van der Waals surface area contributed by atoms with Crippen molar-refractivity contribution in [1.82, 2.24) is 4.90 Å².